The van der Waals surface area contributed by atoms with Gasteiger partial charge < -0.3 is 15.7 Å². The number of rotatable bonds is 4. The molecule has 0 unspecified atom stereocenters. The summed E-state index contributed by atoms with van der Waals surface area (Å²) in [4.78, 5) is 25.1. The molecule has 0 saturated heterocycles. The summed E-state index contributed by atoms with van der Waals surface area (Å²) in [6.07, 6.45) is 3.81. The van der Waals surface area contributed by atoms with Gasteiger partial charge in [-0.2, -0.15) is 0 Å². The maximum absolute atomic E-state index is 12.6. The molecule has 0 spiro atoms. The number of aryl methyl sites for hydroxylation is 1. The summed E-state index contributed by atoms with van der Waals surface area (Å²) < 4.78 is 0. The third kappa shape index (κ3) is 3.10. The van der Waals surface area contributed by atoms with Gasteiger partial charge in [-0.3, -0.25) is 9.59 Å². The van der Waals surface area contributed by atoms with Gasteiger partial charge in [-0.1, -0.05) is 24.5 Å². The fourth-order valence-electron chi connectivity index (χ4n) is 2.74. The topological polar surface area (TPSA) is 83.6 Å². The van der Waals surface area contributed by atoms with Crippen molar-refractivity contribution >= 4 is 17.6 Å². The molecule has 1 fully saturated rings. The fourth-order valence-corrected chi connectivity index (χ4v) is 2.74. The Morgan fingerprint density at radius 1 is 1.35 bits per heavy atom. The average Bonchev–Trinajstić information content (AvgIpc) is 2.91. The van der Waals surface area contributed by atoms with Crippen molar-refractivity contribution in [3.8, 4) is 0 Å². The van der Waals surface area contributed by atoms with E-state index in [-0.39, 0.29) is 18.5 Å². The number of benzene rings is 1. The van der Waals surface area contributed by atoms with Crippen molar-refractivity contribution in [2.45, 2.75) is 38.6 Å². The quantitative estimate of drug-likeness (QED) is 0.824. The van der Waals surface area contributed by atoms with Crippen molar-refractivity contribution in [3.05, 3.63) is 29.3 Å². The second-order valence-electron chi connectivity index (χ2n) is 5.36. The van der Waals surface area contributed by atoms with E-state index in [0.717, 1.165) is 31.2 Å². The molecule has 20 heavy (non-hydrogen) atoms. The average molecular weight is 276 g/mol. The number of nitrogens with two attached hydrogens (primary N) is 1. The molecule has 1 aliphatic rings. The molecule has 0 bridgehead atoms. The first-order valence-electron chi connectivity index (χ1n) is 6.88. The zero-order chi connectivity index (χ0) is 14.7. The molecule has 0 radical (unpaired) electrons. The van der Waals surface area contributed by atoms with Crippen LogP contribution in [0.4, 0.5) is 5.69 Å². The summed E-state index contributed by atoms with van der Waals surface area (Å²) in [5.74, 6) is -1.27. The van der Waals surface area contributed by atoms with Crippen molar-refractivity contribution in [1.29, 1.82) is 0 Å². The number of amides is 1. The highest BCUT2D eigenvalue weighted by Crippen LogP contribution is 2.26. The van der Waals surface area contributed by atoms with Crippen LogP contribution in [0.5, 0.6) is 0 Å². The molecule has 0 aliphatic heterocycles. The summed E-state index contributed by atoms with van der Waals surface area (Å²) in [5, 5.41) is 9.04. The number of hydrogen-bond acceptors (Lipinski definition) is 3. The van der Waals surface area contributed by atoms with Gasteiger partial charge in [0.1, 0.15) is 6.54 Å². The summed E-state index contributed by atoms with van der Waals surface area (Å²) >= 11 is 0. The second kappa shape index (κ2) is 5.94. The van der Waals surface area contributed by atoms with E-state index < -0.39 is 5.97 Å². The number of anilines is 1. The van der Waals surface area contributed by atoms with Crippen LogP contribution in [0.2, 0.25) is 0 Å². The monoisotopic (exact) mass is 276 g/mol. The largest absolute Gasteiger partial charge is 0.480 e. The van der Waals surface area contributed by atoms with E-state index in [1.165, 1.54) is 4.90 Å². The van der Waals surface area contributed by atoms with Crippen LogP contribution >= 0.6 is 0 Å². The Labute approximate surface area is 118 Å². The zero-order valence-corrected chi connectivity index (χ0v) is 11.6. The lowest BCUT2D eigenvalue weighted by Gasteiger charge is -2.28. The summed E-state index contributed by atoms with van der Waals surface area (Å²) in [5.41, 5.74) is 7.60. The lowest BCUT2D eigenvalue weighted by Crippen LogP contribution is -2.42. The van der Waals surface area contributed by atoms with Crippen molar-refractivity contribution in [3.63, 3.8) is 0 Å². The minimum Gasteiger partial charge on any atom is -0.480 e. The highest BCUT2D eigenvalue weighted by Gasteiger charge is 2.29. The second-order valence-corrected chi connectivity index (χ2v) is 5.36. The smallest absolute Gasteiger partial charge is 0.323 e. The molecule has 1 aromatic rings. The lowest BCUT2D eigenvalue weighted by molar-refractivity contribution is -0.138. The van der Waals surface area contributed by atoms with E-state index in [2.05, 4.69) is 0 Å². The van der Waals surface area contributed by atoms with Gasteiger partial charge in [0, 0.05) is 11.7 Å². The van der Waals surface area contributed by atoms with Gasteiger partial charge in [-0.05, 0) is 31.9 Å². The Balaban J connectivity index is 2.29. The van der Waals surface area contributed by atoms with Crippen molar-refractivity contribution in [2.24, 2.45) is 0 Å². The van der Waals surface area contributed by atoms with Crippen molar-refractivity contribution < 1.29 is 14.7 Å². The van der Waals surface area contributed by atoms with E-state index >= 15 is 0 Å². The molecule has 2 rings (SSSR count). The number of carboxylic acid groups (broad SMARTS) is 1. The molecule has 0 atom stereocenters. The first-order chi connectivity index (χ1) is 9.49. The fraction of sp³-hybridized carbons (Fsp3) is 0.467. The Kier molecular flexibility index (Phi) is 4.27. The molecule has 0 aromatic heterocycles. The van der Waals surface area contributed by atoms with Crippen molar-refractivity contribution in [2.75, 3.05) is 12.3 Å². The van der Waals surface area contributed by atoms with Crippen LogP contribution in [0.15, 0.2) is 18.2 Å². The van der Waals surface area contributed by atoms with Crippen LogP contribution in [0, 0.1) is 6.92 Å². The number of hydrogen-bond donors (Lipinski definition) is 2. The Hall–Kier alpha value is -2.04. The minimum atomic E-state index is -0.989. The SMILES string of the molecule is Cc1ccc(N)c(C(=O)N(CC(=O)O)C2CCCC2)c1. The number of nitrogens with zero attached hydrogens (tertiary/aromatic N) is 1. The highest BCUT2D eigenvalue weighted by molar-refractivity contribution is 6.00. The molecule has 5 heteroatoms. The van der Waals surface area contributed by atoms with Gasteiger partial charge in [-0.25, -0.2) is 0 Å². The molecular formula is C15H20N2O3. The summed E-state index contributed by atoms with van der Waals surface area (Å²) in [6.45, 7) is 1.62. The number of carbonyl (C=O) groups is 2. The zero-order valence-electron chi connectivity index (χ0n) is 11.6. The maximum atomic E-state index is 12.6. The molecule has 3 N–H and O–H groups in total. The van der Waals surface area contributed by atoms with Gasteiger partial charge >= 0.3 is 5.97 Å². The van der Waals surface area contributed by atoms with Crippen LogP contribution in [-0.4, -0.2) is 34.5 Å². The first-order valence-corrected chi connectivity index (χ1v) is 6.88. The standard InChI is InChI=1S/C15H20N2O3/c1-10-6-7-13(16)12(8-10)15(20)17(9-14(18)19)11-4-2-3-5-11/h6-8,11H,2-5,9,16H2,1H3,(H,18,19). The minimum absolute atomic E-state index is 0.0125. The Morgan fingerprint density at radius 2 is 2.00 bits per heavy atom. The number of carboxylic acids is 1. The molecule has 1 aromatic carbocycles. The molecular weight excluding hydrogens is 256 g/mol. The predicted octanol–water partition coefficient (Wildman–Crippen LogP) is 2.05. The molecule has 0 heterocycles. The Bertz CT molecular complexity index is 522. The van der Waals surface area contributed by atoms with Crippen LogP contribution in [0.3, 0.4) is 0 Å². The number of aliphatic carboxylic acids is 1. The van der Waals surface area contributed by atoms with E-state index in [1.54, 1.807) is 12.1 Å². The number of nitrogen functional groups attached to an aromatic ring is 1. The van der Waals surface area contributed by atoms with Gasteiger partial charge in [-0.15, -0.1) is 0 Å². The molecule has 5 nitrogen and oxygen atoms in total. The normalized spacial score (nSPS) is 15.2. The van der Waals surface area contributed by atoms with Gasteiger partial charge in [0.2, 0.25) is 0 Å². The van der Waals surface area contributed by atoms with E-state index in [4.69, 9.17) is 10.8 Å². The first kappa shape index (κ1) is 14.4. The van der Waals surface area contributed by atoms with Crippen molar-refractivity contribution in [1.82, 2.24) is 4.90 Å². The Morgan fingerprint density at radius 3 is 2.60 bits per heavy atom. The third-order valence-corrected chi connectivity index (χ3v) is 3.77. The van der Waals surface area contributed by atoms with Gasteiger partial charge in [0.05, 0.1) is 5.56 Å². The molecule has 108 valence electrons. The number of carbonyl (C=O) groups excluding carboxylic acids is 1. The van der Waals surface area contributed by atoms with Gasteiger partial charge in [0.15, 0.2) is 0 Å². The predicted molar refractivity (Wildman–Crippen MR) is 76.5 cm³/mol. The van der Waals surface area contributed by atoms with E-state index in [0.29, 0.717) is 11.3 Å². The van der Waals surface area contributed by atoms with E-state index in [1.807, 2.05) is 13.0 Å². The molecule has 1 saturated carbocycles. The van der Waals surface area contributed by atoms with Gasteiger partial charge in [0.25, 0.3) is 5.91 Å². The van der Waals surface area contributed by atoms with E-state index in [9.17, 15) is 9.59 Å². The third-order valence-electron chi connectivity index (χ3n) is 3.77. The van der Waals surface area contributed by atoms with Crippen LogP contribution in [0.1, 0.15) is 41.6 Å². The van der Waals surface area contributed by atoms with Crippen LogP contribution in [0.25, 0.3) is 0 Å². The summed E-state index contributed by atoms with van der Waals surface area (Å²) in [7, 11) is 0. The van der Waals surface area contributed by atoms with Crippen LogP contribution < -0.4 is 5.73 Å². The lowest BCUT2D eigenvalue weighted by atomic mass is 10.1. The van der Waals surface area contributed by atoms with Crippen LogP contribution in [-0.2, 0) is 4.79 Å². The summed E-state index contributed by atoms with van der Waals surface area (Å²) in [6, 6.07) is 5.26. The molecule has 1 aliphatic carbocycles. The highest BCUT2D eigenvalue weighted by atomic mass is 16.4. The molecule has 1 amide bonds. The maximum Gasteiger partial charge on any atom is 0.323 e.